The van der Waals surface area contributed by atoms with Gasteiger partial charge in [-0.2, -0.15) is 13.2 Å². The Labute approximate surface area is 197 Å². The molecule has 0 aromatic carbocycles. The lowest BCUT2D eigenvalue weighted by Crippen LogP contribution is -2.38. The molecule has 34 heavy (non-hydrogen) atoms. The number of halogens is 5. The smallest absolute Gasteiger partial charge is 0.392 e. The average molecular weight is 507 g/mol. The van der Waals surface area contributed by atoms with Gasteiger partial charge in [0.2, 0.25) is 0 Å². The molecule has 2 aliphatic heterocycles. The van der Waals surface area contributed by atoms with Crippen molar-refractivity contribution in [2.75, 3.05) is 44.7 Å². The van der Waals surface area contributed by atoms with E-state index in [1.54, 1.807) is 9.80 Å². The number of hydrogen-bond acceptors (Lipinski definition) is 6. The summed E-state index contributed by atoms with van der Waals surface area (Å²) in [6.07, 6.45) is -3.77. The molecule has 12 heteroatoms. The Bertz CT molecular complexity index is 1040. The van der Waals surface area contributed by atoms with E-state index in [-0.39, 0.29) is 53.6 Å². The van der Waals surface area contributed by atoms with Crippen LogP contribution in [0.25, 0.3) is 10.2 Å². The number of carbonyl (C=O) groups excluding carboxylic acids is 1. The van der Waals surface area contributed by atoms with Gasteiger partial charge in [-0.05, 0) is 31.2 Å². The molecule has 2 fully saturated rings. The van der Waals surface area contributed by atoms with Crippen LogP contribution in [0.1, 0.15) is 41.6 Å². The van der Waals surface area contributed by atoms with Crippen LogP contribution in [0.4, 0.5) is 27.8 Å². The maximum absolute atomic E-state index is 13.8. The number of alkyl halides is 5. The number of pyridine rings is 1. The van der Waals surface area contributed by atoms with E-state index in [1.165, 1.54) is 12.4 Å². The summed E-state index contributed by atoms with van der Waals surface area (Å²) >= 11 is 0.846. The number of nitrogens with zero attached hydrogens (tertiary/aromatic N) is 3. The molecule has 0 radical (unpaired) electrons. The van der Waals surface area contributed by atoms with Gasteiger partial charge < -0.3 is 15.3 Å². The molecule has 2 aromatic rings. The van der Waals surface area contributed by atoms with Gasteiger partial charge in [-0.25, -0.2) is 13.8 Å². The molecule has 0 aliphatic carbocycles. The minimum absolute atomic E-state index is 0.0362. The van der Waals surface area contributed by atoms with E-state index in [4.69, 9.17) is 0 Å². The van der Waals surface area contributed by atoms with Crippen molar-refractivity contribution >= 4 is 33.3 Å². The van der Waals surface area contributed by atoms with Crippen LogP contribution >= 0.6 is 11.3 Å². The molecule has 0 spiro atoms. The first-order valence-electron chi connectivity index (χ1n) is 11.2. The van der Waals surface area contributed by atoms with Crippen molar-refractivity contribution in [3.63, 3.8) is 0 Å². The second-order valence-electron chi connectivity index (χ2n) is 9.09. The van der Waals surface area contributed by atoms with Gasteiger partial charge in [-0.1, -0.05) is 0 Å². The van der Waals surface area contributed by atoms with Gasteiger partial charge in [0.25, 0.3) is 11.8 Å². The van der Waals surface area contributed by atoms with Gasteiger partial charge in [0.1, 0.15) is 5.82 Å². The highest BCUT2D eigenvalue weighted by Gasteiger charge is 2.39. The summed E-state index contributed by atoms with van der Waals surface area (Å²) in [6, 6.07) is 1.04. The number of rotatable bonds is 6. The van der Waals surface area contributed by atoms with Crippen LogP contribution in [0.5, 0.6) is 0 Å². The summed E-state index contributed by atoms with van der Waals surface area (Å²) in [5, 5.41) is 14.2. The molecule has 1 unspecified atom stereocenters. The number of piperidine rings is 1. The lowest BCUT2D eigenvalue weighted by molar-refractivity contribution is -0.136. The van der Waals surface area contributed by atoms with E-state index in [1.807, 2.05) is 0 Å². The number of aromatic nitrogens is 1. The third-order valence-electron chi connectivity index (χ3n) is 6.55. The number of carbonyl (C=O) groups is 1. The van der Waals surface area contributed by atoms with Crippen LogP contribution in [0.2, 0.25) is 0 Å². The highest BCUT2D eigenvalue weighted by molar-refractivity contribution is 7.17. The van der Waals surface area contributed by atoms with Crippen LogP contribution in [-0.2, 0) is 6.18 Å². The zero-order valence-electron chi connectivity index (χ0n) is 18.7. The van der Waals surface area contributed by atoms with Gasteiger partial charge in [0.15, 0.2) is 0 Å². The molecular weight excluding hydrogens is 479 g/mol. The fourth-order valence-corrected chi connectivity index (χ4v) is 5.80. The Morgan fingerprint density at radius 2 is 2.03 bits per heavy atom. The molecule has 4 heterocycles. The average Bonchev–Trinajstić information content (AvgIpc) is 3.34. The maximum atomic E-state index is 13.8. The van der Waals surface area contributed by atoms with Crippen LogP contribution in [0, 0.1) is 5.92 Å². The first-order chi connectivity index (χ1) is 16.0. The summed E-state index contributed by atoms with van der Waals surface area (Å²) in [7, 11) is 1.41. The largest absolute Gasteiger partial charge is 0.417 e. The molecule has 0 bridgehead atoms. The summed E-state index contributed by atoms with van der Waals surface area (Å²) in [5.74, 6) is -2.88. The van der Waals surface area contributed by atoms with Gasteiger partial charge in [-0.3, -0.25) is 9.69 Å². The molecule has 2 saturated heterocycles. The quantitative estimate of drug-likeness (QED) is 0.581. The van der Waals surface area contributed by atoms with Crippen molar-refractivity contribution in [3.8, 4) is 0 Å². The topological polar surface area (TPSA) is 68.7 Å². The monoisotopic (exact) mass is 506 g/mol. The van der Waals surface area contributed by atoms with Crippen molar-refractivity contribution in [2.45, 2.75) is 43.9 Å². The first kappa shape index (κ1) is 25.1. The highest BCUT2D eigenvalue weighted by atomic mass is 32.1. The Morgan fingerprint density at radius 3 is 2.62 bits per heavy atom. The molecular formula is C22H27F5N4O2S. The molecule has 188 valence electrons. The highest BCUT2D eigenvalue weighted by Crippen LogP contribution is 2.41. The van der Waals surface area contributed by atoms with Gasteiger partial charge in [-0.15, -0.1) is 11.3 Å². The number of amides is 1. The van der Waals surface area contributed by atoms with Crippen molar-refractivity contribution < 1.29 is 31.9 Å². The Kier molecular flexibility index (Phi) is 7.03. The first-order valence-corrected chi connectivity index (χ1v) is 12.1. The Morgan fingerprint density at radius 1 is 1.32 bits per heavy atom. The fourth-order valence-electron chi connectivity index (χ4n) is 4.78. The molecule has 1 atom stereocenters. The predicted molar refractivity (Wildman–Crippen MR) is 120 cm³/mol. The van der Waals surface area contributed by atoms with E-state index in [0.717, 1.165) is 17.4 Å². The van der Waals surface area contributed by atoms with Crippen LogP contribution in [0.3, 0.4) is 0 Å². The molecule has 4 rings (SSSR count). The SMILES string of the molecule is CNC(=O)c1csc2c(C(F)(F)F)cc(N3CCC(CC(O)CN4CCC(F)(F)C4)CC3)nc12. The second-order valence-corrected chi connectivity index (χ2v) is 9.97. The van der Waals surface area contributed by atoms with Crippen molar-refractivity contribution in [1.29, 1.82) is 0 Å². The summed E-state index contributed by atoms with van der Waals surface area (Å²) < 4.78 is 67.9. The lowest BCUT2D eigenvalue weighted by atomic mass is 9.91. The van der Waals surface area contributed by atoms with E-state index in [2.05, 4.69) is 10.3 Å². The van der Waals surface area contributed by atoms with Crippen LogP contribution in [-0.4, -0.2) is 72.7 Å². The van der Waals surface area contributed by atoms with Crippen LogP contribution < -0.4 is 10.2 Å². The summed E-state index contributed by atoms with van der Waals surface area (Å²) in [4.78, 5) is 19.9. The van der Waals surface area contributed by atoms with E-state index >= 15 is 0 Å². The standard InChI is InChI=1S/C22H27F5N4O2S/c1-28-20(33)15-11-34-19-16(22(25,26)27)9-17(29-18(15)19)31-5-2-13(3-6-31)8-14(32)10-30-7-4-21(23,24)12-30/h9,11,13-14,32H,2-8,10,12H2,1H3,(H,28,33). The molecule has 2 N–H and O–H groups in total. The minimum atomic E-state index is -4.59. The van der Waals surface area contributed by atoms with E-state index < -0.39 is 29.7 Å². The summed E-state index contributed by atoms with van der Waals surface area (Å²) in [5.41, 5.74) is -0.665. The molecule has 0 saturated carbocycles. The van der Waals surface area contributed by atoms with Gasteiger partial charge in [0, 0.05) is 45.0 Å². The number of anilines is 1. The number of thiophene rings is 1. The van der Waals surface area contributed by atoms with Gasteiger partial charge >= 0.3 is 6.18 Å². The predicted octanol–water partition coefficient (Wildman–Crippen LogP) is 3.98. The van der Waals surface area contributed by atoms with Gasteiger partial charge in [0.05, 0.1) is 34.0 Å². The number of β-amino-alcohol motifs (C(OH)–C–C–N with tert-alkyl or cyclic N) is 1. The zero-order valence-corrected chi connectivity index (χ0v) is 19.5. The molecule has 2 aromatic heterocycles. The van der Waals surface area contributed by atoms with Crippen molar-refractivity contribution in [1.82, 2.24) is 15.2 Å². The molecule has 6 nitrogen and oxygen atoms in total. The second kappa shape index (κ2) is 9.54. The maximum Gasteiger partial charge on any atom is 0.417 e. The molecule has 1 amide bonds. The normalized spacial score (nSPS) is 20.7. The number of likely N-dealkylation sites (tertiary alicyclic amines) is 1. The number of hydrogen-bond donors (Lipinski definition) is 2. The van der Waals surface area contributed by atoms with Crippen LogP contribution in [0.15, 0.2) is 11.4 Å². The zero-order chi connectivity index (χ0) is 24.7. The van der Waals surface area contributed by atoms with Crippen molar-refractivity contribution in [3.05, 3.63) is 22.6 Å². The number of aliphatic hydroxyl groups is 1. The minimum Gasteiger partial charge on any atom is -0.392 e. The molecule has 2 aliphatic rings. The van der Waals surface area contributed by atoms with E-state index in [0.29, 0.717) is 32.4 Å². The number of aliphatic hydroxyl groups excluding tert-OH is 1. The third kappa shape index (κ3) is 5.44. The Balaban J connectivity index is 1.44. The van der Waals surface area contributed by atoms with E-state index in [9.17, 15) is 31.9 Å². The Hall–Kier alpha value is -2.05. The lowest BCUT2D eigenvalue weighted by Gasteiger charge is -2.34. The third-order valence-corrected chi connectivity index (χ3v) is 7.55. The summed E-state index contributed by atoms with van der Waals surface area (Å²) in [6.45, 7) is 1.03. The number of fused-ring (bicyclic) bond motifs is 1. The van der Waals surface area contributed by atoms with Crippen molar-refractivity contribution in [2.24, 2.45) is 5.92 Å². The number of nitrogens with one attached hydrogen (secondary N) is 1. The fraction of sp³-hybridized carbons (Fsp3) is 0.636.